The Morgan fingerprint density at radius 3 is 3.00 bits per heavy atom. The van der Waals surface area contributed by atoms with Gasteiger partial charge in [-0.1, -0.05) is 15.9 Å². The minimum Gasteiger partial charge on any atom is -0.368 e. The Hall–Kier alpha value is -1.54. The zero-order chi connectivity index (χ0) is 12.3. The number of nitrogens with zero attached hydrogens (tertiary/aromatic N) is 2. The average Bonchev–Trinajstić information content (AvgIpc) is 2.54. The molecule has 4 nitrogen and oxygen atoms in total. The molecule has 0 bridgehead atoms. The fourth-order valence-electron chi connectivity index (χ4n) is 1.88. The number of anilines is 1. The third-order valence-electron chi connectivity index (χ3n) is 2.73. The Balaban J connectivity index is 2.27. The van der Waals surface area contributed by atoms with Crippen molar-refractivity contribution < 1.29 is 4.79 Å². The lowest BCUT2D eigenvalue weighted by atomic mass is 10.1. The summed E-state index contributed by atoms with van der Waals surface area (Å²) in [6, 6.07) is 7.82. The van der Waals surface area contributed by atoms with Crippen molar-refractivity contribution in [3.05, 3.63) is 28.2 Å². The van der Waals surface area contributed by atoms with Crippen LogP contribution >= 0.6 is 15.9 Å². The lowest BCUT2D eigenvalue weighted by Crippen LogP contribution is -2.28. The Labute approximate surface area is 108 Å². The van der Waals surface area contributed by atoms with Crippen LogP contribution in [-0.2, 0) is 4.79 Å². The fourth-order valence-corrected chi connectivity index (χ4v) is 2.24. The van der Waals surface area contributed by atoms with E-state index in [1.165, 1.54) is 0 Å². The molecule has 2 rings (SSSR count). The van der Waals surface area contributed by atoms with E-state index in [1.807, 2.05) is 12.1 Å². The molecule has 1 aliphatic heterocycles. The summed E-state index contributed by atoms with van der Waals surface area (Å²) in [4.78, 5) is 13.3. The minimum atomic E-state index is 0.0723. The second-order valence-corrected chi connectivity index (χ2v) is 4.78. The van der Waals surface area contributed by atoms with Crippen LogP contribution < -0.4 is 10.2 Å². The molecular formula is C12H12BrN3O. The largest absolute Gasteiger partial charge is 0.368 e. The van der Waals surface area contributed by atoms with Crippen molar-refractivity contribution in [2.45, 2.75) is 6.42 Å². The van der Waals surface area contributed by atoms with Crippen LogP contribution in [0, 0.1) is 11.3 Å². The number of halogens is 1. The molecule has 0 saturated carbocycles. The first-order chi connectivity index (χ1) is 8.20. The topological polar surface area (TPSA) is 56.1 Å². The van der Waals surface area contributed by atoms with Gasteiger partial charge in [0.15, 0.2) is 0 Å². The van der Waals surface area contributed by atoms with Gasteiger partial charge in [0.1, 0.15) is 6.07 Å². The molecule has 0 unspecified atom stereocenters. The Morgan fingerprint density at radius 2 is 2.24 bits per heavy atom. The van der Waals surface area contributed by atoms with Crippen LogP contribution in [0.2, 0.25) is 0 Å². The number of amides is 1. The van der Waals surface area contributed by atoms with Gasteiger partial charge in [0.05, 0.1) is 11.3 Å². The van der Waals surface area contributed by atoms with Crippen molar-refractivity contribution >= 4 is 27.5 Å². The first-order valence-corrected chi connectivity index (χ1v) is 6.21. The minimum absolute atomic E-state index is 0.0723. The summed E-state index contributed by atoms with van der Waals surface area (Å²) in [6.07, 6.45) is 0.473. The zero-order valence-corrected chi connectivity index (χ0v) is 10.8. The number of nitriles is 1. The van der Waals surface area contributed by atoms with E-state index in [0.717, 1.165) is 16.7 Å². The van der Waals surface area contributed by atoms with E-state index in [4.69, 9.17) is 5.26 Å². The summed E-state index contributed by atoms with van der Waals surface area (Å²) in [5.74, 6) is 0.0723. The molecule has 0 atom stereocenters. The maximum absolute atomic E-state index is 11.3. The second-order valence-electron chi connectivity index (χ2n) is 3.86. The molecule has 1 aliphatic rings. The van der Waals surface area contributed by atoms with Gasteiger partial charge in [-0.3, -0.25) is 4.79 Å². The van der Waals surface area contributed by atoms with E-state index >= 15 is 0 Å². The summed E-state index contributed by atoms with van der Waals surface area (Å²) in [5.41, 5.74) is 1.53. The van der Waals surface area contributed by atoms with E-state index in [2.05, 4.69) is 32.2 Å². The predicted molar refractivity (Wildman–Crippen MR) is 68.7 cm³/mol. The van der Waals surface area contributed by atoms with Crippen molar-refractivity contribution in [1.82, 2.24) is 5.32 Å². The highest BCUT2D eigenvalue weighted by molar-refractivity contribution is 9.10. The summed E-state index contributed by atoms with van der Waals surface area (Å²) < 4.78 is 0.891. The lowest BCUT2D eigenvalue weighted by Gasteiger charge is -2.22. The van der Waals surface area contributed by atoms with Crippen molar-refractivity contribution in [1.29, 1.82) is 5.26 Å². The number of hydrogen-bond acceptors (Lipinski definition) is 3. The van der Waals surface area contributed by atoms with Gasteiger partial charge in [0.25, 0.3) is 0 Å². The smallest absolute Gasteiger partial charge is 0.221 e. The van der Waals surface area contributed by atoms with Crippen LogP contribution in [0.15, 0.2) is 22.7 Å². The number of carbonyl (C=O) groups is 1. The van der Waals surface area contributed by atoms with Gasteiger partial charge in [-0.25, -0.2) is 0 Å². The maximum Gasteiger partial charge on any atom is 0.221 e. The van der Waals surface area contributed by atoms with Crippen LogP contribution in [0.4, 0.5) is 5.69 Å². The highest BCUT2D eigenvalue weighted by Gasteiger charge is 2.16. The van der Waals surface area contributed by atoms with Crippen molar-refractivity contribution in [2.75, 3.05) is 24.5 Å². The number of benzene rings is 1. The Kier molecular flexibility index (Phi) is 3.64. The monoisotopic (exact) mass is 293 g/mol. The normalized spacial score (nSPS) is 16.0. The summed E-state index contributed by atoms with van der Waals surface area (Å²) in [6.45, 7) is 2.02. The molecule has 17 heavy (non-hydrogen) atoms. The van der Waals surface area contributed by atoms with Crippen molar-refractivity contribution in [3.63, 3.8) is 0 Å². The average molecular weight is 294 g/mol. The standard InChI is InChI=1S/C12H12BrN3O/c13-10-1-2-11(9(7-10)8-14)16-5-3-12(17)15-4-6-16/h1-2,7H,3-6H2,(H,15,17). The molecule has 0 radical (unpaired) electrons. The third kappa shape index (κ3) is 2.77. The van der Waals surface area contributed by atoms with Crippen LogP contribution in [0.1, 0.15) is 12.0 Å². The van der Waals surface area contributed by atoms with Gasteiger partial charge in [0, 0.05) is 30.5 Å². The molecule has 0 spiro atoms. The molecule has 1 aromatic carbocycles. The van der Waals surface area contributed by atoms with Crippen LogP contribution in [-0.4, -0.2) is 25.5 Å². The van der Waals surface area contributed by atoms with Crippen molar-refractivity contribution in [3.8, 4) is 6.07 Å². The Bertz CT molecular complexity index is 481. The Morgan fingerprint density at radius 1 is 1.41 bits per heavy atom. The molecular weight excluding hydrogens is 282 g/mol. The fraction of sp³-hybridized carbons (Fsp3) is 0.333. The van der Waals surface area contributed by atoms with E-state index in [0.29, 0.717) is 25.1 Å². The van der Waals surface area contributed by atoms with Gasteiger partial charge < -0.3 is 10.2 Å². The molecule has 0 aromatic heterocycles. The molecule has 1 saturated heterocycles. The predicted octanol–water partition coefficient (Wildman–Crippen LogP) is 1.65. The van der Waals surface area contributed by atoms with E-state index in [-0.39, 0.29) is 5.91 Å². The van der Waals surface area contributed by atoms with Crippen LogP contribution in [0.25, 0.3) is 0 Å². The zero-order valence-electron chi connectivity index (χ0n) is 9.24. The SMILES string of the molecule is N#Cc1cc(Br)ccc1N1CCNC(=O)CC1. The highest BCUT2D eigenvalue weighted by atomic mass is 79.9. The van der Waals surface area contributed by atoms with Crippen molar-refractivity contribution in [2.24, 2.45) is 0 Å². The van der Waals surface area contributed by atoms with Crippen LogP contribution in [0.3, 0.4) is 0 Å². The van der Waals surface area contributed by atoms with Gasteiger partial charge >= 0.3 is 0 Å². The number of carbonyl (C=O) groups excluding carboxylic acids is 1. The molecule has 1 fully saturated rings. The first-order valence-electron chi connectivity index (χ1n) is 5.42. The van der Waals surface area contributed by atoms with Gasteiger partial charge in [-0.15, -0.1) is 0 Å². The first kappa shape index (κ1) is 11.9. The summed E-state index contributed by atoms with van der Waals surface area (Å²) in [5, 5.41) is 11.9. The second kappa shape index (κ2) is 5.19. The van der Waals surface area contributed by atoms with Gasteiger partial charge in [0.2, 0.25) is 5.91 Å². The molecule has 1 heterocycles. The van der Waals surface area contributed by atoms with Crippen LogP contribution in [0.5, 0.6) is 0 Å². The quantitative estimate of drug-likeness (QED) is 0.857. The molecule has 1 aromatic rings. The maximum atomic E-state index is 11.3. The lowest BCUT2D eigenvalue weighted by molar-refractivity contribution is -0.120. The number of rotatable bonds is 1. The van der Waals surface area contributed by atoms with E-state index < -0.39 is 0 Å². The molecule has 88 valence electrons. The van der Waals surface area contributed by atoms with Gasteiger partial charge in [-0.05, 0) is 18.2 Å². The molecule has 1 amide bonds. The highest BCUT2D eigenvalue weighted by Crippen LogP contribution is 2.24. The summed E-state index contributed by atoms with van der Waals surface area (Å²) >= 11 is 3.35. The van der Waals surface area contributed by atoms with E-state index in [9.17, 15) is 4.79 Å². The molecule has 1 N–H and O–H groups in total. The van der Waals surface area contributed by atoms with E-state index in [1.54, 1.807) is 6.07 Å². The van der Waals surface area contributed by atoms with Gasteiger partial charge in [-0.2, -0.15) is 5.26 Å². The molecule has 5 heteroatoms. The number of nitrogens with one attached hydrogen (secondary N) is 1. The number of hydrogen-bond donors (Lipinski definition) is 1. The summed E-state index contributed by atoms with van der Waals surface area (Å²) in [7, 11) is 0. The molecule has 0 aliphatic carbocycles. The third-order valence-corrected chi connectivity index (χ3v) is 3.23.